The fourth-order valence-corrected chi connectivity index (χ4v) is 2.12. The van der Waals surface area contributed by atoms with Gasteiger partial charge in [0.1, 0.15) is 16.8 Å². The third-order valence-corrected chi connectivity index (χ3v) is 3.10. The predicted molar refractivity (Wildman–Crippen MR) is 62.4 cm³/mol. The molecule has 1 atom stereocenters. The number of nitrogens with one attached hydrogen (secondary N) is 1. The number of fused-ring (bicyclic) bond motifs is 1. The Labute approximate surface area is 92.3 Å². The molecule has 0 aliphatic rings. The van der Waals surface area contributed by atoms with Crippen molar-refractivity contribution in [2.45, 2.75) is 13.0 Å². The number of ether oxygens (including phenoxy) is 1. The van der Waals surface area contributed by atoms with Crippen LogP contribution in [0.4, 0.5) is 5.82 Å². The SMILES string of the molecule is CNc1nc(C(C)OC)nc2sccc12. The van der Waals surface area contributed by atoms with Crippen molar-refractivity contribution in [1.29, 1.82) is 0 Å². The standard InChI is InChI=1S/C10H13N3OS/c1-6(14-3)8-12-9(11-2)7-4-5-15-10(7)13-8/h4-6H,1-3H3,(H,11,12,13). The summed E-state index contributed by atoms with van der Waals surface area (Å²) in [7, 11) is 3.52. The Morgan fingerprint density at radius 3 is 2.93 bits per heavy atom. The summed E-state index contributed by atoms with van der Waals surface area (Å²) < 4.78 is 5.21. The van der Waals surface area contributed by atoms with E-state index in [9.17, 15) is 0 Å². The maximum absolute atomic E-state index is 5.21. The van der Waals surface area contributed by atoms with Crippen molar-refractivity contribution in [2.24, 2.45) is 0 Å². The minimum absolute atomic E-state index is 0.0800. The van der Waals surface area contributed by atoms with E-state index in [1.54, 1.807) is 18.4 Å². The fraction of sp³-hybridized carbons (Fsp3) is 0.400. The van der Waals surface area contributed by atoms with Crippen LogP contribution in [-0.2, 0) is 4.74 Å². The van der Waals surface area contributed by atoms with Gasteiger partial charge in [-0.3, -0.25) is 0 Å². The molecular weight excluding hydrogens is 210 g/mol. The van der Waals surface area contributed by atoms with Crippen LogP contribution in [0.25, 0.3) is 10.2 Å². The average molecular weight is 223 g/mol. The van der Waals surface area contributed by atoms with Gasteiger partial charge in [0, 0.05) is 14.2 Å². The van der Waals surface area contributed by atoms with Gasteiger partial charge in [0.2, 0.25) is 0 Å². The molecule has 0 aliphatic heterocycles. The first-order valence-electron chi connectivity index (χ1n) is 4.72. The lowest BCUT2D eigenvalue weighted by atomic mass is 10.3. The molecule has 0 saturated heterocycles. The fourth-order valence-electron chi connectivity index (χ4n) is 1.35. The maximum Gasteiger partial charge on any atom is 0.160 e. The summed E-state index contributed by atoms with van der Waals surface area (Å²) in [6.07, 6.45) is -0.0800. The van der Waals surface area contributed by atoms with E-state index in [-0.39, 0.29) is 6.10 Å². The second kappa shape index (κ2) is 4.12. The van der Waals surface area contributed by atoms with Crippen LogP contribution < -0.4 is 5.32 Å². The van der Waals surface area contributed by atoms with Gasteiger partial charge in [0.15, 0.2) is 5.82 Å². The molecule has 1 unspecified atom stereocenters. The summed E-state index contributed by atoms with van der Waals surface area (Å²) in [6.45, 7) is 1.94. The highest BCUT2D eigenvalue weighted by atomic mass is 32.1. The molecule has 0 aromatic carbocycles. The van der Waals surface area contributed by atoms with Gasteiger partial charge in [-0.1, -0.05) is 0 Å². The summed E-state index contributed by atoms with van der Waals surface area (Å²) in [5.74, 6) is 1.58. The Kier molecular flexibility index (Phi) is 2.83. The lowest BCUT2D eigenvalue weighted by Gasteiger charge is -2.09. The molecule has 1 N–H and O–H groups in total. The van der Waals surface area contributed by atoms with E-state index in [1.807, 2.05) is 25.4 Å². The third-order valence-electron chi connectivity index (χ3n) is 2.30. The van der Waals surface area contributed by atoms with Crippen molar-refractivity contribution in [3.05, 3.63) is 17.3 Å². The number of methoxy groups -OCH3 is 1. The first-order chi connectivity index (χ1) is 7.26. The van der Waals surface area contributed by atoms with Gasteiger partial charge in [-0.25, -0.2) is 9.97 Å². The second-order valence-corrected chi connectivity index (χ2v) is 4.09. The van der Waals surface area contributed by atoms with Crippen LogP contribution in [0.5, 0.6) is 0 Å². The van der Waals surface area contributed by atoms with Crippen LogP contribution >= 0.6 is 11.3 Å². The molecule has 0 radical (unpaired) electrons. The lowest BCUT2D eigenvalue weighted by Crippen LogP contribution is -2.05. The smallest absolute Gasteiger partial charge is 0.160 e. The Morgan fingerprint density at radius 1 is 1.47 bits per heavy atom. The highest BCUT2D eigenvalue weighted by Crippen LogP contribution is 2.26. The molecule has 4 nitrogen and oxygen atoms in total. The van der Waals surface area contributed by atoms with Crippen molar-refractivity contribution in [2.75, 3.05) is 19.5 Å². The van der Waals surface area contributed by atoms with Gasteiger partial charge < -0.3 is 10.1 Å². The summed E-state index contributed by atoms with van der Waals surface area (Å²) in [5.41, 5.74) is 0. The van der Waals surface area contributed by atoms with Gasteiger partial charge in [-0.2, -0.15) is 0 Å². The molecule has 0 aliphatic carbocycles. The van der Waals surface area contributed by atoms with Crippen LogP contribution in [0.15, 0.2) is 11.4 Å². The van der Waals surface area contributed by atoms with Gasteiger partial charge in [-0.15, -0.1) is 11.3 Å². The van der Waals surface area contributed by atoms with E-state index >= 15 is 0 Å². The number of hydrogen-bond acceptors (Lipinski definition) is 5. The van der Waals surface area contributed by atoms with Crippen LogP contribution in [0, 0.1) is 0 Å². The Hall–Kier alpha value is -1.20. The lowest BCUT2D eigenvalue weighted by molar-refractivity contribution is 0.112. The van der Waals surface area contributed by atoms with E-state index in [4.69, 9.17) is 4.74 Å². The average Bonchev–Trinajstić information content (AvgIpc) is 2.74. The van der Waals surface area contributed by atoms with Crippen molar-refractivity contribution in [1.82, 2.24) is 9.97 Å². The molecule has 0 spiro atoms. The van der Waals surface area contributed by atoms with Crippen LogP contribution in [-0.4, -0.2) is 24.1 Å². The van der Waals surface area contributed by atoms with Crippen LogP contribution in [0.3, 0.4) is 0 Å². The molecule has 2 rings (SSSR count). The third kappa shape index (κ3) is 1.80. The van der Waals surface area contributed by atoms with Gasteiger partial charge in [0.25, 0.3) is 0 Å². The Bertz CT molecular complexity index is 469. The summed E-state index contributed by atoms with van der Waals surface area (Å²) in [6, 6.07) is 2.02. The van der Waals surface area contributed by atoms with Gasteiger partial charge >= 0.3 is 0 Å². The van der Waals surface area contributed by atoms with E-state index in [2.05, 4.69) is 15.3 Å². The van der Waals surface area contributed by atoms with Crippen molar-refractivity contribution in [3.8, 4) is 0 Å². The number of rotatable bonds is 3. The first-order valence-corrected chi connectivity index (χ1v) is 5.60. The second-order valence-electron chi connectivity index (χ2n) is 3.20. The number of aromatic nitrogens is 2. The first kappa shape index (κ1) is 10.3. The van der Waals surface area contributed by atoms with Gasteiger partial charge in [-0.05, 0) is 18.4 Å². The Morgan fingerprint density at radius 2 is 2.27 bits per heavy atom. The molecule has 0 fully saturated rings. The maximum atomic E-state index is 5.21. The summed E-state index contributed by atoms with van der Waals surface area (Å²) >= 11 is 1.61. The van der Waals surface area contributed by atoms with Crippen LogP contribution in [0.2, 0.25) is 0 Å². The van der Waals surface area contributed by atoms with E-state index in [1.165, 1.54) is 0 Å². The molecule has 80 valence electrons. The zero-order valence-electron chi connectivity index (χ0n) is 8.94. The monoisotopic (exact) mass is 223 g/mol. The minimum atomic E-state index is -0.0800. The number of thiophene rings is 1. The Balaban J connectivity index is 2.58. The van der Waals surface area contributed by atoms with Crippen molar-refractivity contribution in [3.63, 3.8) is 0 Å². The molecule has 0 bridgehead atoms. The highest BCUT2D eigenvalue weighted by Gasteiger charge is 2.12. The molecule has 2 aromatic heterocycles. The largest absolute Gasteiger partial charge is 0.374 e. The normalized spacial score (nSPS) is 13.0. The number of nitrogens with zero attached hydrogens (tertiary/aromatic N) is 2. The molecular formula is C10H13N3OS. The summed E-state index contributed by atoms with van der Waals surface area (Å²) in [5, 5.41) is 6.16. The molecule has 0 amide bonds. The number of anilines is 1. The minimum Gasteiger partial charge on any atom is -0.374 e. The van der Waals surface area contributed by atoms with Gasteiger partial charge in [0.05, 0.1) is 5.39 Å². The molecule has 5 heteroatoms. The topological polar surface area (TPSA) is 47.0 Å². The molecule has 2 heterocycles. The zero-order chi connectivity index (χ0) is 10.8. The van der Waals surface area contributed by atoms with Crippen LogP contribution in [0.1, 0.15) is 18.9 Å². The van der Waals surface area contributed by atoms with E-state index in [0.717, 1.165) is 21.9 Å². The number of hydrogen-bond donors (Lipinski definition) is 1. The summed E-state index contributed by atoms with van der Waals surface area (Å²) in [4.78, 5) is 9.87. The zero-order valence-corrected chi connectivity index (χ0v) is 9.76. The molecule has 15 heavy (non-hydrogen) atoms. The predicted octanol–water partition coefficient (Wildman–Crippen LogP) is 2.44. The quantitative estimate of drug-likeness (QED) is 0.868. The van der Waals surface area contributed by atoms with E-state index < -0.39 is 0 Å². The van der Waals surface area contributed by atoms with Crippen molar-refractivity contribution >= 4 is 27.4 Å². The molecule has 0 saturated carbocycles. The van der Waals surface area contributed by atoms with E-state index in [0.29, 0.717) is 0 Å². The highest BCUT2D eigenvalue weighted by molar-refractivity contribution is 7.16. The van der Waals surface area contributed by atoms with Crippen molar-refractivity contribution < 1.29 is 4.74 Å². The molecule has 2 aromatic rings.